The summed E-state index contributed by atoms with van der Waals surface area (Å²) < 4.78 is 0. The molecule has 1 heterocycles. The average Bonchev–Trinajstić information content (AvgIpc) is 2.75. The Morgan fingerprint density at radius 1 is 1.00 bits per heavy atom. The third-order valence-corrected chi connectivity index (χ3v) is 5.60. The number of hydrogen-bond acceptors (Lipinski definition) is 3. The Bertz CT molecular complexity index is 820. The monoisotopic (exact) mass is 413 g/mol. The zero-order chi connectivity index (χ0) is 20.6. The molecular weight excluding hydrogens is 386 g/mol. The van der Waals surface area contributed by atoms with E-state index in [1.807, 2.05) is 35.2 Å². The Kier molecular flexibility index (Phi) is 7.67. The summed E-state index contributed by atoms with van der Waals surface area (Å²) in [5.41, 5.74) is 1.32. The van der Waals surface area contributed by atoms with Crippen LogP contribution in [-0.2, 0) is 4.79 Å². The molecule has 29 heavy (non-hydrogen) atoms. The van der Waals surface area contributed by atoms with Crippen LogP contribution in [0.1, 0.15) is 41.7 Å². The van der Waals surface area contributed by atoms with Gasteiger partial charge in [-0.25, -0.2) is 0 Å². The van der Waals surface area contributed by atoms with E-state index in [0.717, 1.165) is 44.7 Å². The second-order valence-electron chi connectivity index (χ2n) is 7.34. The fraction of sp³-hybridized carbons (Fsp3) is 0.391. The van der Waals surface area contributed by atoms with Gasteiger partial charge in [-0.2, -0.15) is 0 Å². The van der Waals surface area contributed by atoms with Crippen molar-refractivity contribution >= 4 is 23.4 Å². The van der Waals surface area contributed by atoms with E-state index in [1.165, 1.54) is 0 Å². The van der Waals surface area contributed by atoms with E-state index in [2.05, 4.69) is 17.1 Å². The number of piperazine rings is 1. The Balaban J connectivity index is 1.69. The fourth-order valence-corrected chi connectivity index (χ4v) is 3.88. The van der Waals surface area contributed by atoms with Crippen LogP contribution in [0.25, 0.3) is 0 Å². The van der Waals surface area contributed by atoms with Crippen LogP contribution in [-0.4, -0.2) is 54.3 Å². The molecule has 1 aliphatic heterocycles. The van der Waals surface area contributed by atoms with Crippen molar-refractivity contribution in [2.45, 2.75) is 25.8 Å². The van der Waals surface area contributed by atoms with Gasteiger partial charge in [0.05, 0.1) is 23.0 Å². The van der Waals surface area contributed by atoms with Crippen molar-refractivity contribution in [2.24, 2.45) is 0 Å². The normalized spacial score (nSPS) is 15.7. The largest absolute Gasteiger partial charge is 0.345 e. The SMILES string of the molecule is CCCN1CCN(C(=O)C[C@@H](NC(=O)c2ccccc2Cl)c2ccccc2)CC1. The van der Waals surface area contributed by atoms with Crippen LogP contribution < -0.4 is 5.32 Å². The number of benzene rings is 2. The van der Waals surface area contributed by atoms with Gasteiger partial charge in [-0.15, -0.1) is 0 Å². The Labute approximate surface area is 177 Å². The highest BCUT2D eigenvalue weighted by atomic mass is 35.5. The highest BCUT2D eigenvalue weighted by molar-refractivity contribution is 6.33. The van der Waals surface area contributed by atoms with Crippen molar-refractivity contribution in [3.8, 4) is 0 Å². The van der Waals surface area contributed by atoms with Crippen LogP contribution in [0.3, 0.4) is 0 Å². The molecule has 2 aromatic carbocycles. The summed E-state index contributed by atoms with van der Waals surface area (Å²) in [7, 11) is 0. The second-order valence-corrected chi connectivity index (χ2v) is 7.75. The lowest BCUT2D eigenvalue weighted by Crippen LogP contribution is -2.49. The maximum atomic E-state index is 13.0. The molecule has 2 aromatic rings. The third-order valence-electron chi connectivity index (χ3n) is 5.27. The Morgan fingerprint density at radius 3 is 2.31 bits per heavy atom. The molecule has 0 bridgehead atoms. The minimum atomic E-state index is -0.402. The van der Waals surface area contributed by atoms with Crippen molar-refractivity contribution in [1.29, 1.82) is 0 Å². The maximum Gasteiger partial charge on any atom is 0.253 e. The molecule has 5 nitrogen and oxygen atoms in total. The summed E-state index contributed by atoms with van der Waals surface area (Å²) in [4.78, 5) is 30.0. The predicted octanol–water partition coefficient (Wildman–Crippen LogP) is 3.76. The summed E-state index contributed by atoms with van der Waals surface area (Å²) >= 11 is 6.17. The molecule has 1 N–H and O–H groups in total. The van der Waals surface area contributed by atoms with Crippen molar-refractivity contribution in [3.63, 3.8) is 0 Å². The average molecular weight is 414 g/mol. The first-order chi connectivity index (χ1) is 14.1. The minimum Gasteiger partial charge on any atom is -0.345 e. The first-order valence-corrected chi connectivity index (χ1v) is 10.6. The lowest BCUT2D eigenvalue weighted by atomic mass is 10.0. The molecule has 1 fully saturated rings. The van der Waals surface area contributed by atoms with Gasteiger partial charge in [0.1, 0.15) is 0 Å². The molecule has 3 rings (SSSR count). The van der Waals surface area contributed by atoms with Crippen LogP contribution in [0.5, 0.6) is 0 Å². The number of amides is 2. The molecule has 154 valence electrons. The highest BCUT2D eigenvalue weighted by Gasteiger charge is 2.25. The van der Waals surface area contributed by atoms with E-state index < -0.39 is 6.04 Å². The molecule has 2 amide bonds. The van der Waals surface area contributed by atoms with E-state index in [1.54, 1.807) is 24.3 Å². The minimum absolute atomic E-state index is 0.0643. The molecule has 1 aliphatic rings. The summed E-state index contributed by atoms with van der Waals surface area (Å²) in [5.74, 6) is -0.209. The van der Waals surface area contributed by atoms with Gasteiger partial charge in [0.25, 0.3) is 5.91 Å². The second kappa shape index (κ2) is 10.4. The fourth-order valence-electron chi connectivity index (χ4n) is 3.66. The summed E-state index contributed by atoms with van der Waals surface area (Å²) in [6, 6.07) is 16.2. The summed E-state index contributed by atoms with van der Waals surface area (Å²) in [6.45, 7) is 6.52. The number of carbonyl (C=O) groups excluding carboxylic acids is 2. The van der Waals surface area contributed by atoms with Crippen LogP contribution in [0, 0.1) is 0 Å². The Hall–Kier alpha value is -2.37. The number of carbonyl (C=O) groups is 2. The van der Waals surface area contributed by atoms with Crippen molar-refractivity contribution < 1.29 is 9.59 Å². The van der Waals surface area contributed by atoms with E-state index >= 15 is 0 Å². The van der Waals surface area contributed by atoms with Gasteiger partial charge >= 0.3 is 0 Å². The zero-order valence-corrected chi connectivity index (χ0v) is 17.6. The van der Waals surface area contributed by atoms with Crippen LogP contribution in [0.2, 0.25) is 5.02 Å². The van der Waals surface area contributed by atoms with Crippen LogP contribution >= 0.6 is 11.6 Å². The highest BCUT2D eigenvalue weighted by Crippen LogP contribution is 2.21. The first kappa shape index (κ1) is 21.3. The Morgan fingerprint density at radius 2 is 1.66 bits per heavy atom. The van der Waals surface area contributed by atoms with Crippen LogP contribution in [0.4, 0.5) is 0 Å². The predicted molar refractivity (Wildman–Crippen MR) is 116 cm³/mol. The van der Waals surface area contributed by atoms with Gasteiger partial charge in [-0.3, -0.25) is 14.5 Å². The van der Waals surface area contributed by atoms with Crippen molar-refractivity contribution in [2.75, 3.05) is 32.7 Å². The molecule has 6 heteroatoms. The van der Waals surface area contributed by atoms with Gasteiger partial charge in [0.15, 0.2) is 0 Å². The molecule has 1 atom stereocenters. The molecule has 0 aromatic heterocycles. The number of nitrogens with zero attached hydrogens (tertiary/aromatic N) is 2. The standard InChI is InChI=1S/C23H28ClN3O2/c1-2-12-26-13-15-27(16-14-26)22(28)17-21(18-8-4-3-5-9-18)25-23(29)19-10-6-7-11-20(19)24/h3-11,21H,2,12-17H2,1H3,(H,25,29)/t21-/m1/s1. The van der Waals surface area contributed by atoms with E-state index in [9.17, 15) is 9.59 Å². The third kappa shape index (κ3) is 5.81. The lowest BCUT2D eigenvalue weighted by molar-refractivity contribution is -0.133. The van der Waals surface area contributed by atoms with Gasteiger partial charge in [0.2, 0.25) is 5.91 Å². The molecule has 1 saturated heterocycles. The molecule has 0 unspecified atom stereocenters. The number of rotatable bonds is 7. The summed E-state index contributed by atoms with van der Waals surface area (Å²) in [6.07, 6.45) is 1.35. The molecule has 0 aliphatic carbocycles. The maximum absolute atomic E-state index is 13.0. The van der Waals surface area contributed by atoms with Gasteiger partial charge in [0, 0.05) is 26.2 Å². The van der Waals surface area contributed by atoms with Gasteiger partial charge in [-0.1, -0.05) is 61.0 Å². The number of hydrogen-bond donors (Lipinski definition) is 1. The van der Waals surface area contributed by atoms with Crippen molar-refractivity contribution in [1.82, 2.24) is 15.1 Å². The van der Waals surface area contributed by atoms with E-state index in [0.29, 0.717) is 10.6 Å². The molecule has 0 radical (unpaired) electrons. The van der Waals surface area contributed by atoms with E-state index in [-0.39, 0.29) is 18.2 Å². The topological polar surface area (TPSA) is 52.6 Å². The molecule has 0 spiro atoms. The van der Waals surface area contributed by atoms with Gasteiger partial charge in [-0.05, 0) is 30.7 Å². The first-order valence-electron chi connectivity index (χ1n) is 10.2. The lowest BCUT2D eigenvalue weighted by Gasteiger charge is -2.35. The molecule has 0 saturated carbocycles. The number of nitrogens with one attached hydrogen (secondary N) is 1. The van der Waals surface area contributed by atoms with Gasteiger partial charge < -0.3 is 10.2 Å². The van der Waals surface area contributed by atoms with Crippen LogP contribution in [0.15, 0.2) is 54.6 Å². The zero-order valence-electron chi connectivity index (χ0n) is 16.8. The smallest absolute Gasteiger partial charge is 0.253 e. The summed E-state index contributed by atoms with van der Waals surface area (Å²) in [5, 5.41) is 3.41. The number of halogens is 1. The molecular formula is C23H28ClN3O2. The van der Waals surface area contributed by atoms with Crippen molar-refractivity contribution in [3.05, 3.63) is 70.7 Å². The quantitative estimate of drug-likeness (QED) is 0.752. The van der Waals surface area contributed by atoms with E-state index in [4.69, 9.17) is 11.6 Å².